The van der Waals surface area contributed by atoms with E-state index in [0.717, 1.165) is 25.7 Å². The molecule has 6 atom stereocenters. The lowest BCUT2D eigenvalue weighted by atomic mass is 9.45. The molecule has 3 saturated carbocycles. The van der Waals surface area contributed by atoms with Gasteiger partial charge in [-0.2, -0.15) is 0 Å². The first-order chi connectivity index (χ1) is 7.86. The summed E-state index contributed by atoms with van der Waals surface area (Å²) in [5, 5.41) is 20.6. The van der Waals surface area contributed by atoms with Gasteiger partial charge in [-0.1, -0.05) is 20.8 Å². The van der Waals surface area contributed by atoms with Crippen molar-refractivity contribution < 1.29 is 10.2 Å². The molecule has 0 heterocycles. The minimum absolute atomic E-state index is 0.0826. The van der Waals surface area contributed by atoms with Gasteiger partial charge >= 0.3 is 0 Å². The Morgan fingerprint density at radius 3 is 2.41 bits per heavy atom. The standard InChI is InChI=1S/C15H26O2/c1-14(2)10-5-4-9-8-15(3,7-6-11(9)16)12(10)13(14)17/h9-13,16-17H,4-8H2,1-3H3/t9-,10-,11+,12-,13+,15+/m1/s1. The lowest BCUT2D eigenvalue weighted by Crippen LogP contribution is -2.62. The van der Waals surface area contributed by atoms with Crippen LogP contribution in [0.1, 0.15) is 52.9 Å². The molecule has 2 heteroatoms. The van der Waals surface area contributed by atoms with Crippen molar-refractivity contribution in [2.24, 2.45) is 28.6 Å². The van der Waals surface area contributed by atoms with Crippen LogP contribution in [0.15, 0.2) is 0 Å². The van der Waals surface area contributed by atoms with Gasteiger partial charge in [0, 0.05) is 0 Å². The van der Waals surface area contributed by atoms with Crippen molar-refractivity contribution in [2.75, 3.05) is 0 Å². The summed E-state index contributed by atoms with van der Waals surface area (Å²) in [7, 11) is 0. The van der Waals surface area contributed by atoms with Crippen LogP contribution in [-0.2, 0) is 0 Å². The highest BCUT2D eigenvalue weighted by Gasteiger charge is 2.63. The van der Waals surface area contributed by atoms with E-state index in [1.54, 1.807) is 0 Å². The van der Waals surface area contributed by atoms with Crippen molar-refractivity contribution in [3.05, 3.63) is 0 Å². The second kappa shape index (κ2) is 3.48. The van der Waals surface area contributed by atoms with Crippen LogP contribution >= 0.6 is 0 Å². The molecule has 2 N–H and O–H groups in total. The van der Waals surface area contributed by atoms with Crippen LogP contribution in [-0.4, -0.2) is 22.4 Å². The smallest absolute Gasteiger partial charge is 0.0630 e. The van der Waals surface area contributed by atoms with E-state index in [2.05, 4.69) is 20.8 Å². The first-order valence-electron chi connectivity index (χ1n) is 7.22. The zero-order chi connectivity index (χ0) is 12.4. The third kappa shape index (κ3) is 1.46. The van der Waals surface area contributed by atoms with Crippen LogP contribution in [0.3, 0.4) is 0 Å². The summed E-state index contributed by atoms with van der Waals surface area (Å²) in [5.74, 6) is 1.63. The summed E-state index contributed by atoms with van der Waals surface area (Å²) in [5.41, 5.74) is 0.371. The van der Waals surface area contributed by atoms with E-state index < -0.39 is 0 Å². The van der Waals surface area contributed by atoms with Gasteiger partial charge in [-0.25, -0.2) is 0 Å². The average molecular weight is 238 g/mol. The molecule has 17 heavy (non-hydrogen) atoms. The van der Waals surface area contributed by atoms with Crippen molar-refractivity contribution >= 4 is 0 Å². The Balaban J connectivity index is 1.92. The van der Waals surface area contributed by atoms with Crippen molar-refractivity contribution in [1.82, 2.24) is 0 Å². The van der Waals surface area contributed by atoms with Crippen LogP contribution in [0.25, 0.3) is 0 Å². The fraction of sp³-hybridized carbons (Fsp3) is 1.00. The van der Waals surface area contributed by atoms with Gasteiger partial charge in [0.2, 0.25) is 0 Å². The molecule has 3 rings (SSSR count). The molecule has 2 bridgehead atoms. The maximum atomic E-state index is 10.5. The van der Waals surface area contributed by atoms with E-state index in [1.165, 1.54) is 6.42 Å². The van der Waals surface area contributed by atoms with Gasteiger partial charge in [-0.05, 0) is 60.7 Å². The van der Waals surface area contributed by atoms with Crippen LogP contribution < -0.4 is 0 Å². The fourth-order valence-electron chi connectivity index (χ4n) is 5.21. The molecule has 0 saturated heterocycles. The van der Waals surface area contributed by atoms with Crippen LogP contribution in [0, 0.1) is 28.6 Å². The molecule has 0 unspecified atom stereocenters. The summed E-state index contributed by atoms with van der Waals surface area (Å²) in [4.78, 5) is 0. The van der Waals surface area contributed by atoms with E-state index >= 15 is 0 Å². The predicted octanol–water partition coefficient (Wildman–Crippen LogP) is 2.58. The van der Waals surface area contributed by atoms with E-state index in [0.29, 0.717) is 17.8 Å². The normalized spacial score (nSPS) is 56.6. The highest BCUT2D eigenvalue weighted by molar-refractivity contribution is 5.12. The number of hydrogen-bond donors (Lipinski definition) is 2. The lowest BCUT2D eigenvalue weighted by molar-refractivity contribution is -0.208. The Morgan fingerprint density at radius 1 is 1.00 bits per heavy atom. The van der Waals surface area contributed by atoms with Crippen LogP contribution in [0.4, 0.5) is 0 Å². The molecular formula is C15H26O2. The zero-order valence-corrected chi connectivity index (χ0v) is 11.3. The number of fused-ring (bicyclic) bond motifs is 4. The maximum Gasteiger partial charge on any atom is 0.0630 e. The van der Waals surface area contributed by atoms with Gasteiger partial charge in [0.05, 0.1) is 12.2 Å². The minimum Gasteiger partial charge on any atom is -0.393 e. The van der Waals surface area contributed by atoms with E-state index in [1.807, 2.05) is 0 Å². The molecule has 0 aliphatic heterocycles. The van der Waals surface area contributed by atoms with Gasteiger partial charge in [0.1, 0.15) is 0 Å². The molecule has 0 radical (unpaired) electrons. The summed E-state index contributed by atoms with van der Waals surface area (Å²) in [6.07, 6.45) is 5.31. The molecule has 3 fully saturated rings. The van der Waals surface area contributed by atoms with Crippen molar-refractivity contribution in [3.8, 4) is 0 Å². The molecule has 3 aliphatic rings. The number of hydrogen-bond acceptors (Lipinski definition) is 2. The SMILES string of the molecule is CC1(C)[C@@H]2CC[C@@H]3C[C@](C)(CC[C@@H]3O)[C@H]2[C@@H]1O. The topological polar surface area (TPSA) is 40.5 Å². The third-order valence-electron chi connectivity index (χ3n) is 6.43. The zero-order valence-electron chi connectivity index (χ0n) is 11.3. The van der Waals surface area contributed by atoms with E-state index in [-0.39, 0.29) is 23.0 Å². The second-order valence-corrected chi connectivity index (χ2v) is 7.70. The predicted molar refractivity (Wildman–Crippen MR) is 67.5 cm³/mol. The average Bonchev–Trinajstić information content (AvgIpc) is 2.39. The Morgan fingerprint density at radius 2 is 1.71 bits per heavy atom. The van der Waals surface area contributed by atoms with Gasteiger partial charge in [0.15, 0.2) is 0 Å². The summed E-state index contributed by atoms with van der Waals surface area (Å²) < 4.78 is 0. The Bertz CT molecular complexity index is 325. The molecule has 0 aromatic rings. The Hall–Kier alpha value is -0.0800. The number of rotatable bonds is 0. The second-order valence-electron chi connectivity index (χ2n) is 7.70. The molecular weight excluding hydrogens is 212 g/mol. The monoisotopic (exact) mass is 238 g/mol. The fourth-order valence-corrected chi connectivity index (χ4v) is 5.21. The first-order valence-corrected chi connectivity index (χ1v) is 7.22. The molecule has 3 aliphatic carbocycles. The lowest BCUT2D eigenvalue weighted by Gasteiger charge is -2.62. The molecule has 0 amide bonds. The summed E-state index contributed by atoms with van der Waals surface area (Å²) in [6, 6.07) is 0. The molecule has 0 spiro atoms. The van der Waals surface area contributed by atoms with E-state index in [4.69, 9.17) is 0 Å². The quantitative estimate of drug-likeness (QED) is 0.681. The number of aliphatic hydroxyl groups is 2. The number of aliphatic hydroxyl groups excluding tert-OH is 2. The van der Waals surface area contributed by atoms with E-state index in [9.17, 15) is 10.2 Å². The first kappa shape index (κ1) is 12.0. The Kier molecular flexibility index (Phi) is 2.45. The van der Waals surface area contributed by atoms with Crippen molar-refractivity contribution in [3.63, 3.8) is 0 Å². The van der Waals surface area contributed by atoms with Gasteiger partial charge in [-0.3, -0.25) is 0 Å². The minimum atomic E-state index is -0.133. The van der Waals surface area contributed by atoms with Gasteiger partial charge in [0.25, 0.3) is 0 Å². The largest absolute Gasteiger partial charge is 0.393 e. The van der Waals surface area contributed by atoms with Gasteiger partial charge in [-0.15, -0.1) is 0 Å². The highest BCUT2D eigenvalue weighted by Crippen LogP contribution is 2.65. The van der Waals surface area contributed by atoms with Gasteiger partial charge < -0.3 is 10.2 Å². The van der Waals surface area contributed by atoms with Crippen molar-refractivity contribution in [2.45, 2.75) is 65.1 Å². The Labute approximate surface area is 104 Å². The molecule has 2 nitrogen and oxygen atoms in total. The molecule has 0 aromatic carbocycles. The van der Waals surface area contributed by atoms with Crippen LogP contribution in [0.2, 0.25) is 0 Å². The van der Waals surface area contributed by atoms with Crippen LogP contribution in [0.5, 0.6) is 0 Å². The third-order valence-corrected chi connectivity index (χ3v) is 6.43. The molecule has 0 aromatic heterocycles. The molecule has 98 valence electrons. The summed E-state index contributed by atoms with van der Waals surface area (Å²) >= 11 is 0. The maximum absolute atomic E-state index is 10.5. The summed E-state index contributed by atoms with van der Waals surface area (Å²) in [6.45, 7) is 6.79. The van der Waals surface area contributed by atoms with Crippen molar-refractivity contribution in [1.29, 1.82) is 0 Å². The highest BCUT2D eigenvalue weighted by atomic mass is 16.3.